The van der Waals surface area contributed by atoms with E-state index in [2.05, 4.69) is 16.9 Å². The van der Waals surface area contributed by atoms with Crippen molar-refractivity contribution in [2.45, 2.75) is 31.7 Å². The third-order valence-electron chi connectivity index (χ3n) is 2.91. The summed E-state index contributed by atoms with van der Waals surface area (Å²) in [5.41, 5.74) is 0. The lowest BCUT2D eigenvalue weighted by atomic mass is 10.0. The molecule has 0 aromatic carbocycles. The van der Waals surface area contributed by atoms with E-state index in [0.29, 0.717) is 12.5 Å². The van der Waals surface area contributed by atoms with Gasteiger partial charge in [0, 0.05) is 17.5 Å². The van der Waals surface area contributed by atoms with E-state index < -0.39 is 0 Å². The van der Waals surface area contributed by atoms with E-state index in [1.807, 2.05) is 6.20 Å². The lowest BCUT2D eigenvalue weighted by molar-refractivity contribution is -0.107. The van der Waals surface area contributed by atoms with Gasteiger partial charge in [-0.15, -0.1) is 11.3 Å². The van der Waals surface area contributed by atoms with E-state index in [4.69, 9.17) is 0 Å². The average Bonchev–Trinajstić information content (AvgIpc) is 2.68. The summed E-state index contributed by atoms with van der Waals surface area (Å²) in [6.07, 6.45) is 7.08. The molecule has 1 aromatic rings. The highest BCUT2D eigenvalue weighted by atomic mass is 32.1. The number of hydrogen-bond acceptors (Lipinski definition) is 4. The molecule has 2 rings (SSSR count). The van der Waals surface area contributed by atoms with Gasteiger partial charge in [-0.05, 0) is 26.4 Å². The molecule has 0 spiro atoms. The summed E-state index contributed by atoms with van der Waals surface area (Å²) in [6, 6.07) is 0.476. The molecule has 0 saturated carbocycles. The van der Waals surface area contributed by atoms with Crippen molar-refractivity contribution in [1.29, 1.82) is 0 Å². The Morgan fingerprint density at radius 3 is 3.27 bits per heavy atom. The Morgan fingerprint density at radius 2 is 2.53 bits per heavy atom. The molecule has 1 atom stereocenters. The molecule has 0 aliphatic carbocycles. The topological polar surface area (TPSA) is 33.2 Å². The van der Waals surface area contributed by atoms with Crippen LogP contribution in [0.5, 0.6) is 0 Å². The first-order chi connectivity index (χ1) is 7.31. The standard InChI is InChI=1S/C11H16N2OS/c1-13-6-3-2-4-10(13)11-12-8-9(15-11)5-7-14/h7-8,10H,2-6H2,1H3. The number of carbonyl (C=O) groups is 1. The van der Waals surface area contributed by atoms with Crippen molar-refractivity contribution in [3.05, 3.63) is 16.1 Å². The summed E-state index contributed by atoms with van der Waals surface area (Å²) >= 11 is 1.68. The lowest BCUT2D eigenvalue weighted by Gasteiger charge is -2.30. The number of aromatic nitrogens is 1. The molecular formula is C11H16N2OS. The molecule has 1 aromatic heterocycles. The number of thiazole rings is 1. The summed E-state index contributed by atoms with van der Waals surface area (Å²) < 4.78 is 0. The number of carbonyl (C=O) groups excluding carboxylic acids is 1. The van der Waals surface area contributed by atoms with Gasteiger partial charge in [0.15, 0.2) is 0 Å². The van der Waals surface area contributed by atoms with Crippen LogP contribution in [-0.4, -0.2) is 29.8 Å². The van der Waals surface area contributed by atoms with Crippen LogP contribution in [0.2, 0.25) is 0 Å². The summed E-state index contributed by atoms with van der Waals surface area (Å²) in [5, 5.41) is 1.18. The molecule has 15 heavy (non-hydrogen) atoms. The molecule has 1 unspecified atom stereocenters. The maximum absolute atomic E-state index is 10.4. The third-order valence-corrected chi connectivity index (χ3v) is 4.03. The Bertz CT molecular complexity index is 337. The molecular weight excluding hydrogens is 208 g/mol. The molecule has 0 bridgehead atoms. The zero-order valence-electron chi connectivity index (χ0n) is 8.98. The van der Waals surface area contributed by atoms with Crippen LogP contribution >= 0.6 is 11.3 Å². The Balaban J connectivity index is 2.09. The molecule has 0 N–H and O–H groups in total. The van der Waals surface area contributed by atoms with E-state index in [9.17, 15) is 4.79 Å². The fourth-order valence-corrected chi connectivity index (χ4v) is 3.10. The average molecular weight is 224 g/mol. The highest BCUT2D eigenvalue weighted by Crippen LogP contribution is 2.31. The number of nitrogens with zero attached hydrogens (tertiary/aromatic N) is 2. The molecule has 82 valence electrons. The van der Waals surface area contributed by atoms with Gasteiger partial charge in [0.1, 0.15) is 11.3 Å². The van der Waals surface area contributed by atoms with E-state index in [-0.39, 0.29) is 0 Å². The SMILES string of the molecule is CN1CCCCC1c1ncc(CC=O)s1. The van der Waals surface area contributed by atoms with E-state index in [0.717, 1.165) is 17.7 Å². The fraction of sp³-hybridized carbons (Fsp3) is 0.636. The predicted molar refractivity (Wildman–Crippen MR) is 61.1 cm³/mol. The van der Waals surface area contributed by atoms with Gasteiger partial charge in [-0.2, -0.15) is 0 Å². The van der Waals surface area contributed by atoms with Crippen LogP contribution in [-0.2, 0) is 11.2 Å². The van der Waals surface area contributed by atoms with E-state index in [1.54, 1.807) is 11.3 Å². The first kappa shape index (κ1) is 10.8. The van der Waals surface area contributed by atoms with Crippen molar-refractivity contribution in [3.8, 4) is 0 Å². The molecule has 0 radical (unpaired) electrons. The van der Waals surface area contributed by atoms with Crippen LogP contribution in [0.4, 0.5) is 0 Å². The number of aldehydes is 1. The summed E-state index contributed by atoms with van der Waals surface area (Å²) in [5.74, 6) is 0. The number of rotatable bonds is 3. The van der Waals surface area contributed by atoms with Crippen LogP contribution in [0.15, 0.2) is 6.20 Å². The highest BCUT2D eigenvalue weighted by Gasteiger charge is 2.23. The molecule has 0 amide bonds. The second-order valence-electron chi connectivity index (χ2n) is 4.03. The van der Waals surface area contributed by atoms with Crippen LogP contribution in [0.25, 0.3) is 0 Å². The van der Waals surface area contributed by atoms with Crippen LogP contribution in [0.1, 0.15) is 35.2 Å². The van der Waals surface area contributed by atoms with Crippen molar-refractivity contribution in [3.63, 3.8) is 0 Å². The van der Waals surface area contributed by atoms with Crippen molar-refractivity contribution >= 4 is 17.6 Å². The van der Waals surface area contributed by atoms with Crippen molar-refractivity contribution < 1.29 is 4.79 Å². The number of hydrogen-bond donors (Lipinski definition) is 0. The molecule has 3 nitrogen and oxygen atoms in total. The summed E-state index contributed by atoms with van der Waals surface area (Å²) in [7, 11) is 2.16. The maximum Gasteiger partial charge on any atom is 0.125 e. The van der Waals surface area contributed by atoms with Crippen molar-refractivity contribution in [2.75, 3.05) is 13.6 Å². The molecule has 1 fully saturated rings. The molecule has 1 saturated heterocycles. The van der Waals surface area contributed by atoms with Gasteiger partial charge >= 0.3 is 0 Å². The number of piperidine rings is 1. The normalized spacial score (nSPS) is 22.9. The van der Waals surface area contributed by atoms with Crippen LogP contribution in [0.3, 0.4) is 0 Å². The minimum Gasteiger partial charge on any atom is -0.303 e. The quantitative estimate of drug-likeness (QED) is 0.737. The minimum absolute atomic E-state index is 0.476. The van der Waals surface area contributed by atoms with E-state index >= 15 is 0 Å². The van der Waals surface area contributed by atoms with Gasteiger partial charge in [0.2, 0.25) is 0 Å². The number of likely N-dealkylation sites (tertiary alicyclic amines) is 1. The minimum atomic E-state index is 0.476. The van der Waals surface area contributed by atoms with Gasteiger partial charge in [0.25, 0.3) is 0 Å². The van der Waals surface area contributed by atoms with Gasteiger partial charge in [0.05, 0.1) is 6.04 Å². The third kappa shape index (κ3) is 2.44. The zero-order chi connectivity index (χ0) is 10.7. The van der Waals surface area contributed by atoms with Gasteiger partial charge < -0.3 is 4.79 Å². The molecule has 1 aliphatic rings. The highest BCUT2D eigenvalue weighted by molar-refractivity contribution is 7.11. The zero-order valence-corrected chi connectivity index (χ0v) is 9.80. The lowest BCUT2D eigenvalue weighted by Crippen LogP contribution is -2.29. The first-order valence-corrected chi connectivity index (χ1v) is 6.21. The largest absolute Gasteiger partial charge is 0.303 e. The molecule has 4 heteroatoms. The van der Waals surface area contributed by atoms with Gasteiger partial charge in [-0.3, -0.25) is 4.90 Å². The first-order valence-electron chi connectivity index (χ1n) is 5.39. The smallest absolute Gasteiger partial charge is 0.125 e. The Kier molecular flexibility index (Phi) is 3.49. The fourth-order valence-electron chi connectivity index (χ4n) is 2.04. The second-order valence-corrected chi connectivity index (χ2v) is 5.17. The van der Waals surface area contributed by atoms with Crippen LogP contribution < -0.4 is 0 Å². The summed E-state index contributed by atoms with van der Waals surface area (Å²) in [6.45, 7) is 1.16. The van der Waals surface area contributed by atoms with Crippen molar-refractivity contribution in [1.82, 2.24) is 9.88 Å². The second kappa shape index (κ2) is 4.86. The van der Waals surface area contributed by atoms with E-state index in [1.165, 1.54) is 24.3 Å². The molecule has 1 aliphatic heterocycles. The Morgan fingerprint density at radius 1 is 1.67 bits per heavy atom. The maximum atomic E-state index is 10.4. The van der Waals surface area contributed by atoms with Gasteiger partial charge in [-0.1, -0.05) is 6.42 Å². The van der Waals surface area contributed by atoms with Gasteiger partial charge in [-0.25, -0.2) is 4.98 Å². The monoisotopic (exact) mass is 224 g/mol. The van der Waals surface area contributed by atoms with Crippen LogP contribution in [0, 0.1) is 0 Å². The Labute approximate surface area is 94.1 Å². The predicted octanol–water partition coefficient (Wildman–Crippen LogP) is 2.04. The Hall–Kier alpha value is -0.740. The van der Waals surface area contributed by atoms with Crippen molar-refractivity contribution in [2.24, 2.45) is 0 Å². The summed E-state index contributed by atoms with van der Waals surface area (Å²) in [4.78, 5) is 18.3. The molecule has 2 heterocycles.